The molecule has 2 fully saturated rings. The van der Waals surface area contributed by atoms with E-state index in [-0.39, 0.29) is 17.4 Å². The maximum absolute atomic E-state index is 13.3. The summed E-state index contributed by atoms with van der Waals surface area (Å²) >= 11 is 0. The maximum atomic E-state index is 13.3. The summed E-state index contributed by atoms with van der Waals surface area (Å²) in [5.74, 6) is 2.48. The quantitative estimate of drug-likeness (QED) is 0.517. The molecule has 1 N–H and O–H groups in total. The van der Waals surface area contributed by atoms with E-state index in [0.29, 0.717) is 18.3 Å². The lowest BCUT2D eigenvalue weighted by molar-refractivity contribution is -0.137. The molecule has 0 spiro atoms. The second-order valence-corrected chi connectivity index (χ2v) is 8.98. The topological polar surface area (TPSA) is 57.4 Å². The van der Waals surface area contributed by atoms with Gasteiger partial charge in [-0.25, -0.2) is 4.98 Å². The van der Waals surface area contributed by atoms with Crippen molar-refractivity contribution in [1.29, 1.82) is 0 Å². The summed E-state index contributed by atoms with van der Waals surface area (Å²) in [4.78, 5) is 13.6. The van der Waals surface area contributed by atoms with Crippen LogP contribution in [0.2, 0.25) is 0 Å². The van der Waals surface area contributed by atoms with Crippen LogP contribution in [-0.4, -0.2) is 47.1 Å². The lowest BCUT2D eigenvalue weighted by Crippen LogP contribution is -2.54. The average Bonchev–Trinajstić information content (AvgIpc) is 3.09. The third-order valence-corrected chi connectivity index (χ3v) is 6.40. The van der Waals surface area contributed by atoms with Crippen LogP contribution in [0.5, 0.6) is 0 Å². The van der Waals surface area contributed by atoms with Gasteiger partial charge in [-0.15, -0.1) is 0 Å². The Morgan fingerprint density at radius 3 is 2.50 bits per heavy atom. The van der Waals surface area contributed by atoms with E-state index in [9.17, 15) is 13.2 Å². The summed E-state index contributed by atoms with van der Waals surface area (Å²) in [6.45, 7) is 4.18. The lowest BCUT2D eigenvalue weighted by atomic mass is 10.1. The van der Waals surface area contributed by atoms with Crippen molar-refractivity contribution >= 4 is 11.8 Å². The molecule has 0 saturated carbocycles. The van der Waals surface area contributed by atoms with E-state index < -0.39 is 11.7 Å². The molecule has 4 heterocycles. The first-order valence-electron chi connectivity index (χ1n) is 11.8. The van der Waals surface area contributed by atoms with Crippen molar-refractivity contribution in [1.82, 2.24) is 14.9 Å². The molecule has 180 valence electrons. The Labute approximate surface area is 196 Å². The van der Waals surface area contributed by atoms with Crippen molar-refractivity contribution in [2.24, 2.45) is 0 Å². The Balaban J connectivity index is 1.16. The zero-order valence-electron chi connectivity index (χ0n) is 18.9. The molecular weight excluding hydrogens is 443 g/mol. The fourth-order valence-electron chi connectivity index (χ4n) is 4.64. The normalized spacial score (nSPS) is 17.9. The number of likely N-dealkylation sites (tertiary alicyclic amines) is 1. The highest BCUT2D eigenvalue weighted by atomic mass is 19.4. The molecule has 0 aliphatic carbocycles. The predicted octanol–water partition coefficient (Wildman–Crippen LogP) is 5.43. The van der Waals surface area contributed by atoms with Gasteiger partial charge in [0.1, 0.15) is 17.3 Å². The largest absolute Gasteiger partial charge is 0.460 e. The zero-order valence-corrected chi connectivity index (χ0v) is 18.9. The number of hydrogen-bond donors (Lipinski definition) is 1. The smallest absolute Gasteiger partial charge is 0.417 e. The maximum Gasteiger partial charge on any atom is 0.417 e. The Bertz CT molecular complexity index is 1100. The number of hydrogen-bond acceptors (Lipinski definition) is 6. The van der Waals surface area contributed by atoms with Crippen LogP contribution in [-0.2, 0) is 12.7 Å². The molecule has 2 aliphatic heterocycles. The lowest BCUT2D eigenvalue weighted by Gasteiger charge is -2.39. The summed E-state index contributed by atoms with van der Waals surface area (Å²) in [7, 11) is 0. The van der Waals surface area contributed by atoms with E-state index in [1.807, 2.05) is 6.07 Å². The average molecular weight is 472 g/mol. The molecule has 6 nitrogen and oxygen atoms in total. The third-order valence-electron chi connectivity index (χ3n) is 6.40. The van der Waals surface area contributed by atoms with E-state index in [2.05, 4.69) is 20.1 Å². The van der Waals surface area contributed by atoms with Gasteiger partial charge < -0.3 is 14.6 Å². The molecule has 5 rings (SSSR count). The van der Waals surface area contributed by atoms with Gasteiger partial charge in [-0.3, -0.25) is 4.90 Å². The molecule has 1 aromatic carbocycles. The van der Waals surface area contributed by atoms with Gasteiger partial charge >= 0.3 is 6.18 Å². The number of rotatable bonds is 6. The summed E-state index contributed by atoms with van der Waals surface area (Å²) in [5, 5.41) is 3.40. The van der Waals surface area contributed by atoms with Gasteiger partial charge in [-0.05, 0) is 37.1 Å². The number of alkyl halides is 3. The van der Waals surface area contributed by atoms with Gasteiger partial charge in [0.2, 0.25) is 5.95 Å². The number of furan rings is 1. The zero-order chi connectivity index (χ0) is 23.5. The van der Waals surface area contributed by atoms with Crippen LogP contribution < -0.4 is 10.2 Å². The Kier molecular flexibility index (Phi) is 6.45. The molecule has 0 amide bonds. The van der Waals surface area contributed by atoms with Gasteiger partial charge in [0.05, 0.1) is 18.2 Å². The van der Waals surface area contributed by atoms with E-state index in [1.165, 1.54) is 37.8 Å². The number of nitrogens with zero attached hydrogens (tertiary/aromatic N) is 4. The summed E-state index contributed by atoms with van der Waals surface area (Å²) in [6.07, 6.45) is 2.32. The van der Waals surface area contributed by atoms with Crippen LogP contribution in [0, 0.1) is 0 Å². The number of anilines is 2. The van der Waals surface area contributed by atoms with Crippen molar-refractivity contribution in [2.45, 2.75) is 44.4 Å². The van der Waals surface area contributed by atoms with Crippen molar-refractivity contribution in [3.63, 3.8) is 0 Å². The highest BCUT2D eigenvalue weighted by Gasteiger charge is 2.34. The molecule has 0 bridgehead atoms. The SMILES string of the molecule is FC(F)(F)c1ccccc1-c1ccc(CN2CC(Nc3nccc(N4CCCCCC4)n3)C2)o1. The monoisotopic (exact) mass is 471 g/mol. The fraction of sp³-hybridized carbons (Fsp3) is 0.440. The first-order valence-corrected chi connectivity index (χ1v) is 11.8. The number of benzene rings is 1. The molecular formula is C25H28F3N5O. The predicted molar refractivity (Wildman–Crippen MR) is 125 cm³/mol. The first kappa shape index (κ1) is 22.7. The minimum absolute atomic E-state index is 0.0610. The van der Waals surface area contributed by atoms with Crippen LogP contribution in [0.25, 0.3) is 11.3 Å². The minimum Gasteiger partial charge on any atom is -0.460 e. The number of halogens is 3. The number of nitrogens with one attached hydrogen (secondary N) is 1. The molecule has 2 aromatic heterocycles. The van der Waals surface area contributed by atoms with Crippen molar-refractivity contribution in [3.8, 4) is 11.3 Å². The molecule has 0 atom stereocenters. The summed E-state index contributed by atoms with van der Waals surface area (Å²) in [5.41, 5.74) is -0.627. The molecule has 2 aliphatic rings. The Hall–Kier alpha value is -3.07. The van der Waals surface area contributed by atoms with E-state index in [1.54, 1.807) is 24.4 Å². The van der Waals surface area contributed by atoms with Gasteiger partial charge in [-0.2, -0.15) is 18.2 Å². The van der Waals surface area contributed by atoms with Crippen LogP contribution >= 0.6 is 0 Å². The summed E-state index contributed by atoms with van der Waals surface area (Å²) < 4.78 is 45.7. The fourth-order valence-corrected chi connectivity index (χ4v) is 4.64. The van der Waals surface area contributed by atoms with E-state index in [4.69, 9.17) is 9.40 Å². The first-order chi connectivity index (χ1) is 16.5. The second-order valence-electron chi connectivity index (χ2n) is 8.98. The molecule has 0 unspecified atom stereocenters. The molecule has 34 heavy (non-hydrogen) atoms. The Morgan fingerprint density at radius 2 is 1.74 bits per heavy atom. The van der Waals surface area contributed by atoms with Crippen molar-refractivity contribution in [3.05, 3.63) is 60.0 Å². The van der Waals surface area contributed by atoms with Crippen LogP contribution in [0.15, 0.2) is 53.1 Å². The van der Waals surface area contributed by atoms with Gasteiger partial charge in [0, 0.05) is 37.9 Å². The van der Waals surface area contributed by atoms with Crippen molar-refractivity contribution in [2.75, 3.05) is 36.4 Å². The highest BCUT2D eigenvalue weighted by molar-refractivity contribution is 5.63. The highest BCUT2D eigenvalue weighted by Crippen LogP contribution is 2.37. The summed E-state index contributed by atoms with van der Waals surface area (Å²) in [6, 6.07) is 11.0. The van der Waals surface area contributed by atoms with Crippen LogP contribution in [0.4, 0.5) is 24.9 Å². The molecule has 0 radical (unpaired) electrons. The van der Waals surface area contributed by atoms with Crippen LogP contribution in [0.3, 0.4) is 0 Å². The second kappa shape index (κ2) is 9.66. The number of aromatic nitrogens is 2. The van der Waals surface area contributed by atoms with Gasteiger partial charge in [0.15, 0.2) is 0 Å². The minimum atomic E-state index is -4.42. The molecule has 9 heteroatoms. The van der Waals surface area contributed by atoms with Crippen LogP contribution in [0.1, 0.15) is 37.0 Å². The third kappa shape index (κ3) is 5.19. The Morgan fingerprint density at radius 1 is 0.971 bits per heavy atom. The molecule has 2 saturated heterocycles. The van der Waals surface area contributed by atoms with Gasteiger partial charge in [-0.1, -0.05) is 31.0 Å². The standard InChI is InChI=1S/C25H28F3N5O/c26-25(27,28)21-8-4-3-7-20(21)22-10-9-19(34-22)17-32-15-18(16-32)30-24-29-12-11-23(31-24)33-13-5-1-2-6-14-33/h3-4,7-12,18H,1-2,5-6,13-17H2,(H,29,30,31). The molecule has 3 aromatic rings. The van der Waals surface area contributed by atoms with Crippen molar-refractivity contribution < 1.29 is 17.6 Å². The van der Waals surface area contributed by atoms with E-state index >= 15 is 0 Å². The van der Waals surface area contributed by atoms with E-state index in [0.717, 1.165) is 38.1 Å². The van der Waals surface area contributed by atoms with Gasteiger partial charge in [0.25, 0.3) is 0 Å².